The second kappa shape index (κ2) is 7.51. The monoisotopic (exact) mass is 307 g/mol. The topological polar surface area (TPSA) is 58.6 Å². The van der Waals surface area contributed by atoms with Crippen molar-refractivity contribution in [2.24, 2.45) is 0 Å². The smallest absolute Gasteiger partial charge is 0.387 e. The third-order valence-electron chi connectivity index (χ3n) is 3.03. The van der Waals surface area contributed by atoms with Crippen LogP contribution < -0.4 is 10.1 Å². The molecule has 116 valence electrons. The van der Waals surface area contributed by atoms with Crippen LogP contribution in [0.15, 0.2) is 54.6 Å². The van der Waals surface area contributed by atoms with E-state index in [1.165, 1.54) is 24.3 Å². The van der Waals surface area contributed by atoms with Crippen LogP contribution in [0.4, 0.5) is 8.78 Å². The second-order valence-corrected chi connectivity index (χ2v) is 4.52. The Kier molecular flexibility index (Phi) is 5.43. The molecular weight excluding hydrogens is 292 g/mol. The number of hydrogen-bond acceptors (Lipinski definition) is 3. The first-order valence-electron chi connectivity index (χ1n) is 6.61. The van der Waals surface area contributed by atoms with Crippen LogP contribution in [0.5, 0.6) is 5.75 Å². The van der Waals surface area contributed by atoms with Crippen molar-refractivity contribution in [2.45, 2.75) is 12.7 Å². The Labute approximate surface area is 126 Å². The zero-order valence-corrected chi connectivity index (χ0v) is 11.6. The maximum atomic E-state index is 12.1. The molecule has 2 N–H and O–H groups in total. The van der Waals surface area contributed by atoms with Crippen LogP contribution in [0.3, 0.4) is 0 Å². The minimum absolute atomic E-state index is 0.0201. The number of carbonyl (C=O) groups is 1. The molecule has 0 spiro atoms. The molecule has 0 fully saturated rings. The summed E-state index contributed by atoms with van der Waals surface area (Å²) in [5.41, 5.74) is 1.06. The van der Waals surface area contributed by atoms with Crippen molar-refractivity contribution < 1.29 is 23.4 Å². The van der Waals surface area contributed by atoms with Crippen molar-refractivity contribution in [1.82, 2.24) is 5.32 Å². The van der Waals surface area contributed by atoms with E-state index in [9.17, 15) is 18.7 Å². The molecule has 0 aliphatic heterocycles. The molecule has 0 aromatic heterocycles. The van der Waals surface area contributed by atoms with Gasteiger partial charge < -0.3 is 15.2 Å². The van der Waals surface area contributed by atoms with Crippen LogP contribution in [-0.4, -0.2) is 24.2 Å². The van der Waals surface area contributed by atoms with Gasteiger partial charge in [0.1, 0.15) is 5.75 Å². The number of alkyl halides is 2. The molecule has 22 heavy (non-hydrogen) atoms. The summed E-state index contributed by atoms with van der Waals surface area (Å²) in [6, 6.07) is 13.8. The maximum absolute atomic E-state index is 12.1. The fourth-order valence-electron chi connectivity index (χ4n) is 1.95. The highest BCUT2D eigenvalue weighted by Gasteiger charge is 2.15. The quantitative estimate of drug-likeness (QED) is 0.863. The number of carbonyl (C=O) groups excluding carboxylic acids is 1. The summed E-state index contributed by atoms with van der Waals surface area (Å²) in [6.07, 6.45) is 0. The molecule has 0 aliphatic rings. The van der Waals surface area contributed by atoms with Crippen molar-refractivity contribution in [3.8, 4) is 5.75 Å². The molecule has 2 aromatic rings. The molecule has 1 amide bonds. The van der Waals surface area contributed by atoms with Gasteiger partial charge in [-0.3, -0.25) is 4.79 Å². The van der Waals surface area contributed by atoms with Crippen LogP contribution in [0.1, 0.15) is 22.0 Å². The molecule has 2 rings (SSSR count). The van der Waals surface area contributed by atoms with E-state index in [0.29, 0.717) is 0 Å². The molecular formula is C16H15F2NO3. The predicted molar refractivity (Wildman–Crippen MR) is 76.8 cm³/mol. The predicted octanol–water partition coefficient (Wildman–Crippen LogP) is 2.75. The second-order valence-electron chi connectivity index (χ2n) is 4.52. The van der Waals surface area contributed by atoms with E-state index >= 15 is 0 Å². The van der Waals surface area contributed by atoms with Gasteiger partial charge >= 0.3 is 6.61 Å². The van der Waals surface area contributed by atoms with Crippen molar-refractivity contribution >= 4 is 5.91 Å². The average molecular weight is 307 g/mol. The minimum atomic E-state index is -2.91. The first-order chi connectivity index (χ1) is 10.6. The van der Waals surface area contributed by atoms with Crippen LogP contribution >= 0.6 is 0 Å². The van der Waals surface area contributed by atoms with Crippen molar-refractivity contribution in [3.05, 3.63) is 65.7 Å². The van der Waals surface area contributed by atoms with Crippen LogP contribution in [0, 0.1) is 0 Å². The molecule has 0 aliphatic carbocycles. The van der Waals surface area contributed by atoms with Gasteiger partial charge in [-0.25, -0.2) is 0 Å². The van der Waals surface area contributed by atoms with Gasteiger partial charge in [0.2, 0.25) is 0 Å². The van der Waals surface area contributed by atoms with E-state index in [-0.39, 0.29) is 17.9 Å². The van der Waals surface area contributed by atoms with Gasteiger partial charge in [0.05, 0.1) is 12.6 Å². The number of rotatable bonds is 6. The normalized spacial score (nSPS) is 12.0. The van der Waals surface area contributed by atoms with Crippen LogP contribution in [-0.2, 0) is 0 Å². The Bertz CT molecular complexity index is 603. The van der Waals surface area contributed by atoms with Crippen molar-refractivity contribution in [3.63, 3.8) is 0 Å². The average Bonchev–Trinajstić information content (AvgIpc) is 2.53. The molecule has 1 atom stereocenters. The fraction of sp³-hybridized carbons (Fsp3) is 0.188. The summed E-state index contributed by atoms with van der Waals surface area (Å²) in [4.78, 5) is 12.1. The number of amides is 1. The lowest BCUT2D eigenvalue weighted by molar-refractivity contribution is -0.0498. The molecule has 0 unspecified atom stereocenters. The molecule has 0 saturated heterocycles. The Morgan fingerprint density at radius 3 is 2.27 bits per heavy atom. The van der Waals surface area contributed by atoms with Gasteiger partial charge in [-0.05, 0) is 29.8 Å². The molecule has 0 heterocycles. The van der Waals surface area contributed by atoms with Crippen LogP contribution in [0.25, 0.3) is 0 Å². The summed E-state index contributed by atoms with van der Waals surface area (Å²) >= 11 is 0. The first kappa shape index (κ1) is 15.9. The molecule has 0 saturated carbocycles. The highest BCUT2D eigenvalue weighted by molar-refractivity contribution is 5.94. The highest BCUT2D eigenvalue weighted by Crippen LogP contribution is 2.16. The van der Waals surface area contributed by atoms with Gasteiger partial charge in [0.25, 0.3) is 5.91 Å². The largest absolute Gasteiger partial charge is 0.435 e. The Hall–Kier alpha value is -2.47. The number of halogens is 2. The van der Waals surface area contributed by atoms with Gasteiger partial charge in [0, 0.05) is 5.56 Å². The third kappa shape index (κ3) is 4.26. The maximum Gasteiger partial charge on any atom is 0.387 e. The van der Waals surface area contributed by atoms with Crippen LogP contribution in [0.2, 0.25) is 0 Å². The zero-order valence-electron chi connectivity index (χ0n) is 11.6. The van der Waals surface area contributed by atoms with Crippen molar-refractivity contribution in [2.75, 3.05) is 6.61 Å². The summed E-state index contributed by atoms with van der Waals surface area (Å²) < 4.78 is 28.3. The number of benzene rings is 2. The van der Waals surface area contributed by atoms with E-state index in [1.54, 1.807) is 24.3 Å². The number of aliphatic hydroxyl groups is 1. The highest BCUT2D eigenvalue weighted by atomic mass is 19.3. The SMILES string of the molecule is O=C(N[C@H](CO)c1ccccc1)c1ccc(OC(F)F)cc1. The summed E-state index contributed by atoms with van der Waals surface area (Å²) in [5.74, 6) is -0.431. The Morgan fingerprint density at radius 1 is 1.09 bits per heavy atom. The Balaban J connectivity index is 2.04. The lowest BCUT2D eigenvalue weighted by atomic mass is 10.1. The summed E-state index contributed by atoms with van der Waals surface area (Å²) in [5, 5.41) is 12.1. The standard InChI is InChI=1S/C16H15F2NO3/c17-16(18)22-13-8-6-12(7-9-13)15(21)19-14(10-20)11-4-2-1-3-5-11/h1-9,14,16,20H,10H2,(H,19,21)/t14-/m1/s1. The van der Waals surface area contributed by atoms with E-state index in [4.69, 9.17) is 0 Å². The number of hydrogen-bond donors (Lipinski definition) is 2. The van der Waals surface area contributed by atoms with E-state index in [1.807, 2.05) is 6.07 Å². The van der Waals surface area contributed by atoms with Gasteiger partial charge in [0.15, 0.2) is 0 Å². The molecule has 6 heteroatoms. The molecule has 0 radical (unpaired) electrons. The summed E-state index contributed by atoms with van der Waals surface area (Å²) in [7, 11) is 0. The van der Waals surface area contributed by atoms with Gasteiger partial charge in [-0.1, -0.05) is 30.3 Å². The lowest BCUT2D eigenvalue weighted by Crippen LogP contribution is -2.30. The third-order valence-corrected chi connectivity index (χ3v) is 3.03. The summed E-state index contributed by atoms with van der Waals surface area (Å²) in [6.45, 7) is -3.15. The van der Waals surface area contributed by atoms with Crippen molar-refractivity contribution in [1.29, 1.82) is 0 Å². The fourth-order valence-corrected chi connectivity index (χ4v) is 1.95. The number of nitrogens with one attached hydrogen (secondary N) is 1. The molecule has 0 bridgehead atoms. The Morgan fingerprint density at radius 2 is 1.73 bits per heavy atom. The minimum Gasteiger partial charge on any atom is -0.435 e. The van der Waals surface area contributed by atoms with Gasteiger partial charge in [-0.2, -0.15) is 8.78 Å². The molecule has 4 nitrogen and oxygen atoms in total. The van der Waals surface area contributed by atoms with E-state index < -0.39 is 18.6 Å². The number of aliphatic hydroxyl groups excluding tert-OH is 1. The number of ether oxygens (including phenoxy) is 1. The first-order valence-corrected chi connectivity index (χ1v) is 6.61. The van der Waals surface area contributed by atoms with E-state index in [2.05, 4.69) is 10.1 Å². The lowest BCUT2D eigenvalue weighted by Gasteiger charge is -2.16. The zero-order chi connectivity index (χ0) is 15.9. The molecule has 2 aromatic carbocycles. The van der Waals surface area contributed by atoms with E-state index in [0.717, 1.165) is 5.56 Å². The van der Waals surface area contributed by atoms with Gasteiger partial charge in [-0.15, -0.1) is 0 Å².